The third-order valence-corrected chi connectivity index (χ3v) is 5.95. The lowest BCUT2D eigenvalue weighted by molar-refractivity contribution is 0.393. The molecular formula is C25H25N3O3S. The van der Waals surface area contributed by atoms with Gasteiger partial charge in [0.15, 0.2) is 11.0 Å². The van der Waals surface area contributed by atoms with Crippen molar-refractivity contribution in [3.63, 3.8) is 0 Å². The van der Waals surface area contributed by atoms with Crippen molar-refractivity contribution in [3.8, 4) is 34.4 Å². The summed E-state index contributed by atoms with van der Waals surface area (Å²) in [6.07, 6.45) is 0. The van der Waals surface area contributed by atoms with E-state index in [9.17, 15) is 0 Å². The molecule has 0 N–H and O–H groups in total. The summed E-state index contributed by atoms with van der Waals surface area (Å²) >= 11 is 1.63. The Balaban J connectivity index is 1.59. The first-order chi connectivity index (χ1) is 15.7. The average Bonchev–Trinajstić information content (AvgIpc) is 3.26. The molecule has 6 nitrogen and oxygen atoms in total. The minimum atomic E-state index is 0.716. The third-order valence-electron chi connectivity index (χ3n) is 4.91. The first-order valence-electron chi connectivity index (χ1n) is 10.3. The molecule has 0 radical (unpaired) electrons. The van der Waals surface area contributed by atoms with Gasteiger partial charge in [-0.05, 0) is 48.9 Å². The molecule has 4 rings (SSSR count). The number of thioether (sulfide) groups is 1. The Bertz CT molecular complexity index is 1160. The lowest BCUT2D eigenvalue weighted by Crippen LogP contribution is -2.01. The highest BCUT2D eigenvalue weighted by molar-refractivity contribution is 7.98. The summed E-state index contributed by atoms with van der Waals surface area (Å²) in [6.45, 7) is 2.83. The van der Waals surface area contributed by atoms with Gasteiger partial charge in [0, 0.05) is 18.4 Å². The second-order valence-corrected chi connectivity index (χ2v) is 7.91. The van der Waals surface area contributed by atoms with Crippen molar-refractivity contribution in [3.05, 3.63) is 78.4 Å². The second kappa shape index (κ2) is 10.2. The first kappa shape index (κ1) is 21.8. The molecule has 32 heavy (non-hydrogen) atoms. The van der Waals surface area contributed by atoms with Gasteiger partial charge in [-0.1, -0.05) is 42.1 Å². The van der Waals surface area contributed by atoms with Crippen LogP contribution in [-0.2, 0) is 12.3 Å². The van der Waals surface area contributed by atoms with E-state index in [1.54, 1.807) is 26.0 Å². The maximum absolute atomic E-state index is 6.14. The van der Waals surface area contributed by atoms with Gasteiger partial charge in [0.25, 0.3) is 0 Å². The normalized spacial score (nSPS) is 10.7. The first-order valence-corrected chi connectivity index (χ1v) is 11.3. The zero-order chi connectivity index (χ0) is 22.3. The molecule has 0 bridgehead atoms. The summed E-state index contributed by atoms with van der Waals surface area (Å²) in [6, 6.07) is 23.5. The summed E-state index contributed by atoms with van der Waals surface area (Å²) < 4.78 is 19.0. The molecule has 0 unspecified atom stereocenters. The number of methoxy groups -OCH3 is 2. The van der Waals surface area contributed by atoms with Crippen LogP contribution in [0, 0.1) is 0 Å². The molecule has 1 heterocycles. The third kappa shape index (κ3) is 4.89. The lowest BCUT2D eigenvalue weighted by atomic mass is 10.2. The number of nitrogens with zero attached hydrogens (tertiary/aromatic N) is 3. The van der Waals surface area contributed by atoms with E-state index < -0.39 is 0 Å². The standard InChI is InChI=1S/C25H25N3O3S/c1-4-28-24(22-12-8-9-13-23(22)31-19-10-6-5-7-11-19)26-27-25(28)32-17-18-14-20(29-2)16-21(15-18)30-3/h5-16H,4,17H2,1-3H3. The largest absolute Gasteiger partial charge is 0.497 e. The number of hydrogen-bond donors (Lipinski definition) is 0. The van der Waals surface area contributed by atoms with Gasteiger partial charge in [-0.15, -0.1) is 10.2 Å². The molecule has 0 fully saturated rings. The van der Waals surface area contributed by atoms with Crippen LogP contribution in [0.5, 0.6) is 23.0 Å². The minimum absolute atomic E-state index is 0.716. The fourth-order valence-electron chi connectivity index (χ4n) is 3.33. The number of hydrogen-bond acceptors (Lipinski definition) is 6. The predicted octanol–water partition coefficient (Wildman–Crippen LogP) is 6.07. The molecule has 0 saturated heterocycles. The Morgan fingerprint density at radius 2 is 1.50 bits per heavy atom. The molecule has 164 valence electrons. The zero-order valence-electron chi connectivity index (χ0n) is 18.3. The number of rotatable bonds is 9. The van der Waals surface area contributed by atoms with Gasteiger partial charge in [-0.25, -0.2) is 0 Å². The average molecular weight is 448 g/mol. The van der Waals surface area contributed by atoms with E-state index in [1.165, 1.54) is 0 Å². The number of benzene rings is 3. The molecule has 7 heteroatoms. The van der Waals surface area contributed by atoms with Gasteiger partial charge in [0.05, 0.1) is 19.8 Å². The van der Waals surface area contributed by atoms with Crippen LogP contribution in [0.15, 0.2) is 78.0 Å². The van der Waals surface area contributed by atoms with Crippen molar-refractivity contribution in [2.24, 2.45) is 0 Å². The van der Waals surface area contributed by atoms with Crippen molar-refractivity contribution < 1.29 is 14.2 Å². The van der Waals surface area contributed by atoms with Gasteiger partial charge < -0.3 is 18.8 Å². The number of para-hydroxylation sites is 2. The van der Waals surface area contributed by atoms with E-state index >= 15 is 0 Å². The summed E-state index contributed by atoms with van der Waals surface area (Å²) in [5.74, 6) is 4.56. The van der Waals surface area contributed by atoms with Crippen LogP contribution in [0.2, 0.25) is 0 Å². The monoisotopic (exact) mass is 447 g/mol. The maximum atomic E-state index is 6.14. The summed E-state index contributed by atoms with van der Waals surface area (Å²) in [5, 5.41) is 9.82. The highest BCUT2D eigenvalue weighted by Crippen LogP contribution is 2.35. The maximum Gasteiger partial charge on any atom is 0.191 e. The Morgan fingerprint density at radius 3 is 2.19 bits per heavy atom. The van der Waals surface area contributed by atoms with Gasteiger partial charge in [-0.2, -0.15) is 0 Å². The van der Waals surface area contributed by atoms with Crippen LogP contribution in [0.3, 0.4) is 0 Å². The predicted molar refractivity (Wildman–Crippen MR) is 127 cm³/mol. The van der Waals surface area contributed by atoms with E-state index in [1.807, 2.05) is 72.8 Å². The zero-order valence-corrected chi connectivity index (χ0v) is 19.1. The summed E-state index contributed by atoms with van der Waals surface area (Å²) in [5.41, 5.74) is 1.99. The molecular weight excluding hydrogens is 422 g/mol. The van der Waals surface area contributed by atoms with Gasteiger partial charge in [0.2, 0.25) is 0 Å². The van der Waals surface area contributed by atoms with E-state index in [4.69, 9.17) is 14.2 Å². The highest BCUT2D eigenvalue weighted by atomic mass is 32.2. The van der Waals surface area contributed by atoms with E-state index in [2.05, 4.69) is 21.7 Å². The van der Waals surface area contributed by atoms with Crippen molar-refractivity contribution in [2.75, 3.05) is 14.2 Å². The molecule has 0 aliphatic heterocycles. The van der Waals surface area contributed by atoms with Gasteiger partial charge >= 0.3 is 0 Å². The number of aromatic nitrogens is 3. The Kier molecular flexibility index (Phi) is 6.97. The van der Waals surface area contributed by atoms with Gasteiger partial charge in [-0.3, -0.25) is 0 Å². The van der Waals surface area contributed by atoms with Crippen molar-refractivity contribution in [1.82, 2.24) is 14.8 Å². The lowest BCUT2D eigenvalue weighted by Gasteiger charge is -2.12. The van der Waals surface area contributed by atoms with E-state index in [0.717, 1.165) is 51.7 Å². The van der Waals surface area contributed by atoms with Crippen LogP contribution >= 0.6 is 11.8 Å². The summed E-state index contributed by atoms with van der Waals surface area (Å²) in [4.78, 5) is 0. The molecule has 1 aromatic heterocycles. The smallest absolute Gasteiger partial charge is 0.191 e. The van der Waals surface area contributed by atoms with E-state index in [0.29, 0.717) is 5.75 Å². The van der Waals surface area contributed by atoms with Crippen LogP contribution in [0.1, 0.15) is 12.5 Å². The minimum Gasteiger partial charge on any atom is -0.497 e. The van der Waals surface area contributed by atoms with Crippen molar-refractivity contribution >= 4 is 11.8 Å². The van der Waals surface area contributed by atoms with Crippen LogP contribution in [0.4, 0.5) is 0 Å². The van der Waals surface area contributed by atoms with E-state index in [-0.39, 0.29) is 0 Å². The molecule has 0 amide bonds. The second-order valence-electron chi connectivity index (χ2n) is 6.97. The SMILES string of the molecule is CCn1c(SCc2cc(OC)cc(OC)c2)nnc1-c1ccccc1Oc1ccccc1. The molecule has 0 aliphatic carbocycles. The van der Waals surface area contributed by atoms with Crippen LogP contribution in [-0.4, -0.2) is 29.0 Å². The Labute approximate surface area is 192 Å². The van der Waals surface area contributed by atoms with Crippen molar-refractivity contribution in [1.29, 1.82) is 0 Å². The number of ether oxygens (including phenoxy) is 3. The Morgan fingerprint density at radius 1 is 0.812 bits per heavy atom. The highest BCUT2D eigenvalue weighted by Gasteiger charge is 2.17. The molecule has 0 aliphatic rings. The molecule has 0 atom stereocenters. The van der Waals surface area contributed by atoms with Crippen LogP contribution < -0.4 is 14.2 Å². The fraction of sp³-hybridized carbons (Fsp3) is 0.200. The Hall–Kier alpha value is -3.45. The van der Waals surface area contributed by atoms with Crippen LogP contribution in [0.25, 0.3) is 11.4 Å². The quantitative estimate of drug-likeness (QED) is 0.290. The fourth-order valence-corrected chi connectivity index (χ4v) is 4.27. The van der Waals surface area contributed by atoms with Gasteiger partial charge in [0.1, 0.15) is 23.0 Å². The summed E-state index contributed by atoms with van der Waals surface area (Å²) in [7, 11) is 3.31. The molecule has 0 saturated carbocycles. The molecule has 3 aromatic carbocycles. The topological polar surface area (TPSA) is 58.4 Å². The molecule has 4 aromatic rings. The molecule has 0 spiro atoms. The van der Waals surface area contributed by atoms with Crippen molar-refractivity contribution in [2.45, 2.75) is 24.4 Å².